The van der Waals surface area contributed by atoms with Gasteiger partial charge in [0.2, 0.25) is 0 Å². The van der Waals surface area contributed by atoms with Crippen molar-refractivity contribution in [1.29, 1.82) is 0 Å². The lowest BCUT2D eigenvalue weighted by molar-refractivity contribution is 0.172. The number of nitrogen functional groups attached to an aromatic ring is 1. The van der Waals surface area contributed by atoms with E-state index in [-0.39, 0.29) is 5.54 Å². The summed E-state index contributed by atoms with van der Waals surface area (Å²) in [5, 5.41) is 3.56. The smallest absolute Gasteiger partial charge is 0.0646 e. The van der Waals surface area contributed by atoms with Crippen LogP contribution in [0.1, 0.15) is 18.9 Å². The Kier molecular flexibility index (Phi) is 3.46. The van der Waals surface area contributed by atoms with E-state index in [1.54, 1.807) is 0 Å². The number of nitrogens with one attached hydrogen (secondary N) is 1. The normalized spacial score (nSPS) is 24.8. The highest BCUT2D eigenvalue weighted by Crippen LogP contribution is 2.17. The Balaban J connectivity index is 1.77. The predicted molar refractivity (Wildman–Crippen MR) is 66.4 cm³/mol. The summed E-state index contributed by atoms with van der Waals surface area (Å²) < 4.78 is 5.40. The minimum atomic E-state index is 0.174. The second-order valence-corrected chi connectivity index (χ2v) is 4.78. The molecule has 1 saturated heterocycles. The van der Waals surface area contributed by atoms with Crippen molar-refractivity contribution < 1.29 is 4.74 Å². The molecular weight excluding hydrogens is 200 g/mol. The average molecular weight is 220 g/mol. The number of hydrogen-bond acceptors (Lipinski definition) is 3. The molecule has 3 heteroatoms. The van der Waals surface area contributed by atoms with Crippen LogP contribution >= 0.6 is 0 Å². The first-order valence-electron chi connectivity index (χ1n) is 5.85. The van der Waals surface area contributed by atoms with Crippen molar-refractivity contribution in [3.05, 3.63) is 29.8 Å². The van der Waals surface area contributed by atoms with Gasteiger partial charge in [-0.2, -0.15) is 0 Å². The van der Waals surface area contributed by atoms with E-state index < -0.39 is 0 Å². The number of anilines is 1. The predicted octanol–water partition coefficient (Wildman–Crippen LogP) is 1.58. The van der Waals surface area contributed by atoms with Crippen LogP contribution in [-0.4, -0.2) is 25.3 Å². The van der Waals surface area contributed by atoms with Crippen LogP contribution < -0.4 is 11.1 Å². The van der Waals surface area contributed by atoms with E-state index in [1.165, 1.54) is 5.56 Å². The first kappa shape index (κ1) is 11.4. The fourth-order valence-corrected chi connectivity index (χ4v) is 2.00. The molecule has 1 aliphatic rings. The topological polar surface area (TPSA) is 47.3 Å². The molecule has 1 aromatic rings. The first-order valence-corrected chi connectivity index (χ1v) is 5.85. The second kappa shape index (κ2) is 4.85. The van der Waals surface area contributed by atoms with E-state index in [9.17, 15) is 0 Å². The molecule has 3 nitrogen and oxygen atoms in total. The molecule has 2 rings (SSSR count). The van der Waals surface area contributed by atoms with Gasteiger partial charge < -0.3 is 15.8 Å². The molecule has 1 fully saturated rings. The number of nitrogens with two attached hydrogens (primary N) is 1. The Hall–Kier alpha value is -1.06. The van der Waals surface area contributed by atoms with Crippen molar-refractivity contribution in [2.45, 2.75) is 25.3 Å². The summed E-state index contributed by atoms with van der Waals surface area (Å²) in [5.41, 5.74) is 7.97. The molecule has 88 valence electrons. The summed E-state index contributed by atoms with van der Waals surface area (Å²) >= 11 is 0. The minimum absolute atomic E-state index is 0.174. The van der Waals surface area contributed by atoms with Crippen LogP contribution in [0.4, 0.5) is 5.69 Å². The molecule has 1 atom stereocenters. The Morgan fingerprint density at radius 2 is 2.12 bits per heavy atom. The molecule has 16 heavy (non-hydrogen) atoms. The third-order valence-electron chi connectivity index (χ3n) is 3.16. The zero-order valence-electron chi connectivity index (χ0n) is 9.83. The van der Waals surface area contributed by atoms with E-state index in [0.29, 0.717) is 0 Å². The summed E-state index contributed by atoms with van der Waals surface area (Å²) in [4.78, 5) is 0. The quantitative estimate of drug-likeness (QED) is 0.757. The molecule has 0 aliphatic carbocycles. The molecule has 0 spiro atoms. The Morgan fingerprint density at radius 1 is 1.38 bits per heavy atom. The van der Waals surface area contributed by atoms with Gasteiger partial charge in [0.15, 0.2) is 0 Å². The van der Waals surface area contributed by atoms with Gasteiger partial charge in [-0.25, -0.2) is 0 Å². The average Bonchev–Trinajstić information content (AvgIpc) is 2.69. The van der Waals surface area contributed by atoms with Crippen molar-refractivity contribution in [3.63, 3.8) is 0 Å². The lowest BCUT2D eigenvalue weighted by Crippen LogP contribution is -2.43. The third kappa shape index (κ3) is 2.97. The first-order chi connectivity index (χ1) is 7.68. The maximum absolute atomic E-state index is 5.64. The fourth-order valence-electron chi connectivity index (χ4n) is 2.00. The second-order valence-electron chi connectivity index (χ2n) is 4.78. The van der Waals surface area contributed by atoms with Crippen LogP contribution in [0.25, 0.3) is 0 Å². The maximum atomic E-state index is 5.64. The summed E-state index contributed by atoms with van der Waals surface area (Å²) in [6.07, 6.45) is 2.14. The van der Waals surface area contributed by atoms with Crippen molar-refractivity contribution >= 4 is 5.69 Å². The van der Waals surface area contributed by atoms with Gasteiger partial charge in [0.1, 0.15) is 0 Å². The Bertz CT molecular complexity index is 328. The van der Waals surface area contributed by atoms with E-state index in [4.69, 9.17) is 10.5 Å². The van der Waals surface area contributed by atoms with Gasteiger partial charge >= 0.3 is 0 Å². The zero-order valence-corrected chi connectivity index (χ0v) is 9.83. The highest BCUT2D eigenvalue weighted by molar-refractivity contribution is 5.39. The maximum Gasteiger partial charge on any atom is 0.0646 e. The lowest BCUT2D eigenvalue weighted by Gasteiger charge is -2.23. The molecule has 1 aromatic carbocycles. The van der Waals surface area contributed by atoms with Gasteiger partial charge in [-0.15, -0.1) is 0 Å². The van der Waals surface area contributed by atoms with Crippen molar-refractivity contribution in [1.82, 2.24) is 5.32 Å². The molecule has 1 unspecified atom stereocenters. The molecule has 0 bridgehead atoms. The molecule has 0 aromatic heterocycles. The number of rotatable bonds is 4. The molecule has 0 saturated carbocycles. The van der Waals surface area contributed by atoms with Crippen LogP contribution in [0.15, 0.2) is 24.3 Å². The SMILES string of the molecule is CC1(NCCc2ccc(N)cc2)CCOC1. The third-order valence-corrected chi connectivity index (χ3v) is 3.16. The summed E-state index contributed by atoms with van der Waals surface area (Å²) in [6, 6.07) is 8.08. The number of benzene rings is 1. The van der Waals surface area contributed by atoms with Crippen molar-refractivity contribution in [2.24, 2.45) is 0 Å². The van der Waals surface area contributed by atoms with Crippen LogP contribution in [-0.2, 0) is 11.2 Å². The molecule has 0 radical (unpaired) electrons. The minimum Gasteiger partial charge on any atom is -0.399 e. The van der Waals surface area contributed by atoms with Gasteiger partial charge in [0.05, 0.1) is 6.61 Å². The van der Waals surface area contributed by atoms with Gasteiger partial charge in [-0.05, 0) is 44.0 Å². The highest BCUT2D eigenvalue weighted by Gasteiger charge is 2.28. The van der Waals surface area contributed by atoms with E-state index >= 15 is 0 Å². The van der Waals surface area contributed by atoms with Crippen LogP contribution in [0, 0.1) is 0 Å². The van der Waals surface area contributed by atoms with Gasteiger partial charge in [0, 0.05) is 17.8 Å². The van der Waals surface area contributed by atoms with Gasteiger partial charge in [-0.3, -0.25) is 0 Å². The molecule has 3 N–H and O–H groups in total. The molecule has 0 amide bonds. The van der Waals surface area contributed by atoms with Gasteiger partial charge in [0.25, 0.3) is 0 Å². The van der Waals surface area contributed by atoms with Crippen molar-refractivity contribution in [3.8, 4) is 0 Å². The fraction of sp³-hybridized carbons (Fsp3) is 0.538. The van der Waals surface area contributed by atoms with Crippen molar-refractivity contribution in [2.75, 3.05) is 25.5 Å². The number of ether oxygens (including phenoxy) is 1. The lowest BCUT2D eigenvalue weighted by atomic mass is 10.0. The summed E-state index contributed by atoms with van der Waals surface area (Å²) in [5.74, 6) is 0. The van der Waals surface area contributed by atoms with Gasteiger partial charge in [-0.1, -0.05) is 12.1 Å². The summed E-state index contributed by atoms with van der Waals surface area (Å²) in [6.45, 7) is 4.92. The van der Waals surface area contributed by atoms with E-state index in [2.05, 4.69) is 24.4 Å². The molecular formula is C13H20N2O. The highest BCUT2D eigenvalue weighted by atomic mass is 16.5. The molecule has 1 heterocycles. The standard InChI is InChI=1S/C13H20N2O/c1-13(7-9-16-10-13)15-8-6-11-2-4-12(14)5-3-11/h2-5,15H,6-10,14H2,1H3. The van der Waals surface area contributed by atoms with E-state index in [1.807, 2.05) is 12.1 Å². The molecule has 1 aliphatic heterocycles. The summed E-state index contributed by atoms with van der Waals surface area (Å²) in [7, 11) is 0. The Labute approximate surface area is 97.0 Å². The van der Waals surface area contributed by atoms with Crippen LogP contribution in [0.5, 0.6) is 0 Å². The van der Waals surface area contributed by atoms with Crippen LogP contribution in [0.3, 0.4) is 0 Å². The zero-order chi connectivity index (χ0) is 11.4. The van der Waals surface area contributed by atoms with E-state index in [0.717, 1.165) is 38.3 Å². The monoisotopic (exact) mass is 220 g/mol. The largest absolute Gasteiger partial charge is 0.399 e. The van der Waals surface area contributed by atoms with Crippen LogP contribution in [0.2, 0.25) is 0 Å². The Morgan fingerprint density at radius 3 is 2.75 bits per heavy atom. The number of hydrogen-bond donors (Lipinski definition) is 2.